The first kappa shape index (κ1) is 21.4. The van der Waals surface area contributed by atoms with Gasteiger partial charge in [-0.1, -0.05) is 0 Å². The van der Waals surface area contributed by atoms with Crippen LogP contribution in [0.3, 0.4) is 0 Å². The molecule has 1 atom stereocenters. The van der Waals surface area contributed by atoms with Gasteiger partial charge < -0.3 is 19.5 Å². The number of fused-ring (bicyclic) bond motifs is 1. The van der Waals surface area contributed by atoms with Crippen LogP contribution in [0.2, 0.25) is 0 Å². The van der Waals surface area contributed by atoms with Gasteiger partial charge in [-0.15, -0.1) is 0 Å². The van der Waals surface area contributed by atoms with Gasteiger partial charge in [0, 0.05) is 48.9 Å². The Morgan fingerprint density at radius 2 is 2.15 bits per heavy atom. The van der Waals surface area contributed by atoms with Crippen molar-refractivity contribution in [2.45, 2.75) is 32.7 Å². The maximum atomic E-state index is 11.2. The van der Waals surface area contributed by atoms with Crippen molar-refractivity contribution in [3.8, 4) is 22.8 Å². The lowest BCUT2D eigenvalue weighted by Gasteiger charge is -2.12. The first-order chi connectivity index (χ1) is 16.0. The molecule has 33 heavy (non-hydrogen) atoms. The van der Waals surface area contributed by atoms with Gasteiger partial charge in [0.05, 0.1) is 49.8 Å². The van der Waals surface area contributed by atoms with E-state index < -0.39 is 6.09 Å². The molecule has 10 nitrogen and oxygen atoms in total. The summed E-state index contributed by atoms with van der Waals surface area (Å²) in [5, 5.41) is 18.7. The summed E-state index contributed by atoms with van der Waals surface area (Å²) in [6, 6.07) is 2.03. The maximum absolute atomic E-state index is 11.2. The monoisotopic (exact) mass is 452 g/mol. The van der Waals surface area contributed by atoms with E-state index in [4.69, 9.17) is 14.6 Å². The number of aromatic nitrogens is 5. The molecule has 0 aliphatic carbocycles. The van der Waals surface area contributed by atoms with Crippen LogP contribution in [-0.4, -0.2) is 74.1 Å². The molecule has 0 radical (unpaired) electrons. The van der Waals surface area contributed by atoms with Crippen LogP contribution < -0.4 is 4.74 Å². The number of ether oxygens (including phenoxy) is 2. The van der Waals surface area contributed by atoms with E-state index in [0.29, 0.717) is 38.7 Å². The molecular formula is C23H28N6O4. The zero-order valence-electron chi connectivity index (χ0n) is 18.9. The first-order valence-electron chi connectivity index (χ1n) is 11.2. The lowest BCUT2D eigenvalue weighted by molar-refractivity contribution is 0.145. The topological polar surface area (TPSA) is 108 Å². The molecule has 1 fully saturated rings. The highest BCUT2D eigenvalue weighted by Crippen LogP contribution is 2.31. The number of pyridine rings is 1. The Labute approximate surface area is 191 Å². The highest BCUT2D eigenvalue weighted by molar-refractivity contribution is 5.65. The van der Waals surface area contributed by atoms with E-state index in [9.17, 15) is 9.90 Å². The zero-order chi connectivity index (χ0) is 22.9. The van der Waals surface area contributed by atoms with Gasteiger partial charge in [-0.05, 0) is 31.7 Å². The molecule has 5 rings (SSSR count). The van der Waals surface area contributed by atoms with Crippen LogP contribution in [0.15, 0.2) is 24.7 Å². The smallest absolute Gasteiger partial charge is 0.407 e. The fourth-order valence-electron chi connectivity index (χ4n) is 4.78. The average molecular weight is 453 g/mol. The quantitative estimate of drug-likeness (QED) is 0.634. The number of rotatable bonds is 5. The van der Waals surface area contributed by atoms with Crippen LogP contribution >= 0.6 is 0 Å². The summed E-state index contributed by atoms with van der Waals surface area (Å²) in [6.45, 7) is 5.11. The van der Waals surface area contributed by atoms with Gasteiger partial charge in [0.2, 0.25) is 5.88 Å². The van der Waals surface area contributed by atoms with E-state index in [-0.39, 0.29) is 5.92 Å². The van der Waals surface area contributed by atoms with Crippen molar-refractivity contribution in [1.29, 1.82) is 0 Å². The predicted octanol–water partition coefficient (Wildman–Crippen LogP) is 2.56. The van der Waals surface area contributed by atoms with Gasteiger partial charge in [-0.25, -0.2) is 14.5 Å². The van der Waals surface area contributed by atoms with Gasteiger partial charge in [0.15, 0.2) is 0 Å². The normalized spacial score (nSPS) is 18.2. The van der Waals surface area contributed by atoms with Crippen molar-refractivity contribution in [2.75, 3.05) is 33.4 Å². The molecule has 1 N–H and O–H groups in total. The molecule has 1 amide bonds. The van der Waals surface area contributed by atoms with Crippen molar-refractivity contribution in [2.24, 2.45) is 5.92 Å². The van der Waals surface area contributed by atoms with E-state index >= 15 is 0 Å². The molecule has 174 valence electrons. The van der Waals surface area contributed by atoms with Crippen LogP contribution in [0.4, 0.5) is 4.79 Å². The van der Waals surface area contributed by atoms with Gasteiger partial charge >= 0.3 is 6.09 Å². The number of hydrogen-bond donors (Lipinski definition) is 1. The highest BCUT2D eigenvalue weighted by Gasteiger charge is 2.27. The molecule has 3 aromatic rings. The van der Waals surface area contributed by atoms with E-state index in [2.05, 4.69) is 10.1 Å². The number of nitrogens with zero attached hydrogens (tertiary/aromatic N) is 6. The van der Waals surface area contributed by atoms with Gasteiger partial charge in [0.1, 0.15) is 0 Å². The number of amides is 1. The molecule has 0 bridgehead atoms. The van der Waals surface area contributed by atoms with Gasteiger partial charge in [-0.3, -0.25) is 4.68 Å². The van der Waals surface area contributed by atoms with Crippen molar-refractivity contribution >= 4 is 6.09 Å². The number of carboxylic acid groups (broad SMARTS) is 1. The third-order valence-electron chi connectivity index (χ3n) is 6.43. The molecule has 0 aromatic carbocycles. The lowest BCUT2D eigenvalue weighted by Crippen LogP contribution is -2.27. The van der Waals surface area contributed by atoms with E-state index in [1.165, 1.54) is 10.5 Å². The molecule has 0 spiro atoms. The minimum absolute atomic E-state index is 0.269. The molecule has 2 aliphatic rings. The summed E-state index contributed by atoms with van der Waals surface area (Å²) in [5.41, 5.74) is 6.02. The van der Waals surface area contributed by atoms with E-state index in [0.717, 1.165) is 47.5 Å². The Morgan fingerprint density at radius 1 is 1.30 bits per heavy atom. The van der Waals surface area contributed by atoms with Crippen molar-refractivity contribution in [1.82, 2.24) is 29.4 Å². The number of carbonyl (C=O) groups is 1. The van der Waals surface area contributed by atoms with Crippen molar-refractivity contribution < 1.29 is 19.4 Å². The second-order valence-corrected chi connectivity index (χ2v) is 8.65. The molecule has 1 saturated heterocycles. The number of methoxy groups -OCH3 is 1. The minimum Gasteiger partial charge on any atom is -0.481 e. The fourth-order valence-corrected chi connectivity index (χ4v) is 4.78. The summed E-state index contributed by atoms with van der Waals surface area (Å²) < 4.78 is 14.9. The SMILES string of the molecule is COc1ncc(-n2nc(-c3cnn(CC4CCN(C(=O)O)C4)c3)c3c2CCOCC3)cc1C. The molecule has 0 saturated carbocycles. The maximum Gasteiger partial charge on any atom is 0.407 e. The number of aryl methyl sites for hydroxylation is 1. The second kappa shape index (κ2) is 8.86. The highest BCUT2D eigenvalue weighted by atomic mass is 16.5. The van der Waals surface area contributed by atoms with Gasteiger partial charge in [0.25, 0.3) is 0 Å². The van der Waals surface area contributed by atoms with Crippen LogP contribution in [0.25, 0.3) is 16.9 Å². The van der Waals surface area contributed by atoms with Crippen LogP contribution in [-0.2, 0) is 24.1 Å². The van der Waals surface area contributed by atoms with Crippen molar-refractivity contribution in [3.63, 3.8) is 0 Å². The van der Waals surface area contributed by atoms with Crippen LogP contribution in [0.1, 0.15) is 23.2 Å². The molecule has 3 aromatic heterocycles. The summed E-state index contributed by atoms with van der Waals surface area (Å²) >= 11 is 0. The van der Waals surface area contributed by atoms with Crippen LogP contribution in [0.5, 0.6) is 5.88 Å². The second-order valence-electron chi connectivity index (χ2n) is 8.65. The number of likely N-dealkylation sites (tertiary alicyclic amines) is 1. The summed E-state index contributed by atoms with van der Waals surface area (Å²) in [7, 11) is 1.62. The molecule has 1 unspecified atom stereocenters. The molecule has 10 heteroatoms. The third kappa shape index (κ3) is 4.18. The van der Waals surface area contributed by atoms with Gasteiger partial charge in [-0.2, -0.15) is 10.2 Å². The Kier molecular flexibility index (Phi) is 5.76. The Morgan fingerprint density at radius 3 is 2.91 bits per heavy atom. The largest absolute Gasteiger partial charge is 0.481 e. The summed E-state index contributed by atoms with van der Waals surface area (Å²) in [5.74, 6) is 0.875. The summed E-state index contributed by atoms with van der Waals surface area (Å²) in [4.78, 5) is 17.1. The molecular weight excluding hydrogens is 424 g/mol. The Balaban J connectivity index is 1.45. The van der Waals surface area contributed by atoms with Crippen molar-refractivity contribution in [3.05, 3.63) is 41.5 Å². The van der Waals surface area contributed by atoms with E-state index in [1.807, 2.05) is 34.7 Å². The Bertz CT molecular complexity index is 1170. The van der Waals surface area contributed by atoms with Crippen LogP contribution in [0, 0.1) is 12.8 Å². The molecule has 2 aliphatic heterocycles. The standard InChI is InChI=1S/C23H28N6O4/c1-15-9-18(11-24-22(15)32-2)29-20-5-8-33-7-4-19(20)21(26-29)17-10-25-28(14-17)13-16-3-6-27(12-16)23(30)31/h9-11,14,16H,3-8,12-13H2,1-2H3,(H,30,31). The third-order valence-corrected chi connectivity index (χ3v) is 6.43. The zero-order valence-corrected chi connectivity index (χ0v) is 18.9. The van der Waals surface area contributed by atoms with E-state index in [1.54, 1.807) is 13.3 Å². The fraction of sp³-hybridized carbons (Fsp3) is 0.478. The number of hydrogen-bond acceptors (Lipinski definition) is 6. The minimum atomic E-state index is -0.850. The Hall–Kier alpha value is -3.40. The lowest BCUT2D eigenvalue weighted by atomic mass is 10.0. The average Bonchev–Trinajstić information content (AvgIpc) is 3.50. The molecule has 5 heterocycles. The summed E-state index contributed by atoms with van der Waals surface area (Å²) in [6.07, 6.45) is 7.21. The predicted molar refractivity (Wildman–Crippen MR) is 120 cm³/mol. The first-order valence-corrected chi connectivity index (χ1v) is 11.2.